The summed E-state index contributed by atoms with van der Waals surface area (Å²) in [6.07, 6.45) is 1.64. The smallest absolute Gasteiger partial charge is 0.306 e. The minimum absolute atomic E-state index is 0.00697. The van der Waals surface area contributed by atoms with E-state index < -0.39 is 0 Å². The lowest BCUT2D eigenvalue weighted by atomic mass is 9.73. The number of ether oxygens (including phenoxy) is 1. The van der Waals surface area contributed by atoms with Crippen LogP contribution in [-0.2, 0) is 9.53 Å². The molecule has 0 N–H and O–H groups in total. The highest BCUT2D eigenvalue weighted by Crippen LogP contribution is 2.58. The summed E-state index contributed by atoms with van der Waals surface area (Å²) < 4.78 is 5.44. The maximum atomic E-state index is 11.2. The SMILES string of the molecule is CC1CC2(C)OC(=O)CC2C1(C)C. The molecule has 2 aliphatic rings. The van der Waals surface area contributed by atoms with Crippen LogP contribution in [0.1, 0.15) is 40.5 Å². The van der Waals surface area contributed by atoms with Crippen LogP contribution < -0.4 is 0 Å². The predicted molar refractivity (Wildman–Crippen MR) is 50.2 cm³/mol. The van der Waals surface area contributed by atoms with Gasteiger partial charge in [-0.1, -0.05) is 20.8 Å². The molecule has 0 spiro atoms. The van der Waals surface area contributed by atoms with E-state index in [0.29, 0.717) is 18.3 Å². The molecule has 2 fully saturated rings. The summed E-state index contributed by atoms with van der Waals surface area (Å²) >= 11 is 0. The highest BCUT2D eigenvalue weighted by Gasteiger charge is 2.60. The van der Waals surface area contributed by atoms with Gasteiger partial charge in [0, 0.05) is 5.92 Å². The van der Waals surface area contributed by atoms with Crippen LogP contribution in [0.25, 0.3) is 0 Å². The van der Waals surface area contributed by atoms with E-state index in [9.17, 15) is 4.79 Å². The number of carbonyl (C=O) groups is 1. The molecule has 74 valence electrons. The van der Waals surface area contributed by atoms with Crippen molar-refractivity contribution in [3.63, 3.8) is 0 Å². The molecule has 2 heteroatoms. The van der Waals surface area contributed by atoms with Gasteiger partial charge >= 0.3 is 5.97 Å². The summed E-state index contributed by atoms with van der Waals surface area (Å²) in [5.74, 6) is 1.06. The van der Waals surface area contributed by atoms with Gasteiger partial charge in [0.2, 0.25) is 0 Å². The molecule has 1 aliphatic carbocycles. The van der Waals surface area contributed by atoms with E-state index in [0.717, 1.165) is 6.42 Å². The second-order valence-electron chi connectivity index (χ2n) is 5.47. The highest BCUT2D eigenvalue weighted by molar-refractivity contribution is 5.73. The lowest BCUT2D eigenvalue weighted by Gasteiger charge is -2.30. The fraction of sp³-hybridized carbons (Fsp3) is 0.909. The molecule has 3 unspecified atom stereocenters. The number of rotatable bonds is 0. The van der Waals surface area contributed by atoms with Crippen molar-refractivity contribution in [2.75, 3.05) is 0 Å². The topological polar surface area (TPSA) is 26.3 Å². The van der Waals surface area contributed by atoms with Crippen molar-refractivity contribution in [3.8, 4) is 0 Å². The summed E-state index contributed by atoms with van der Waals surface area (Å²) in [5, 5.41) is 0. The Bertz CT molecular complexity index is 257. The number of esters is 1. The van der Waals surface area contributed by atoms with Gasteiger partial charge in [0.1, 0.15) is 5.60 Å². The first-order chi connectivity index (χ1) is 5.86. The monoisotopic (exact) mass is 182 g/mol. The summed E-state index contributed by atoms with van der Waals surface area (Å²) in [4.78, 5) is 11.2. The van der Waals surface area contributed by atoms with E-state index in [4.69, 9.17) is 4.74 Å². The lowest BCUT2D eigenvalue weighted by molar-refractivity contribution is -0.147. The Morgan fingerprint density at radius 1 is 1.38 bits per heavy atom. The fourth-order valence-corrected chi connectivity index (χ4v) is 3.20. The standard InChI is InChI=1S/C11H18O2/c1-7-6-11(4)8(10(7,2)3)5-9(12)13-11/h7-8H,5-6H2,1-4H3. The number of fused-ring (bicyclic) bond motifs is 1. The quantitative estimate of drug-likeness (QED) is 0.538. The van der Waals surface area contributed by atoms with Crippen molar-refractivity contribution < 1.29 is 9.53 Å². The van der Waals surface area contributed by atoms with Gasteiger partial charge in [-0.05, 0) is 24.7 Å². The third kappa shape index (κ3) is 1.04. The number of hydrogen-bond acceptors (Lipinski definition) is 2. The molecule has 0 aromatic rings. The van der Waals surface area contributed by atoms with Gasteiger partial charge in [-0.25, -0.2) is 0 Å². The third-order valence-corrected chi connectivity index (χ3v) is 4.33. The minimum atomic E-state index is -0.167. The molecule has 0 bridgehead atoms. The molecule has 1 saturated carbocycles. The molecular formula is C11H18O2. The fourth-order valence-electron chi connectivity index (χ4n) is 3.20. The van der Waals surface area contributed by atoms with Crippen molar-refractivity contribution in [2.24, 2.45) is 17.3 Å². The second kappa shape index (κ2) is 2.28. The Kier molecular flexibility index (Phi) is 1.59. The van der Waals surface area contributed by atoms with Gasteiger partial charge in [-0.3, -0.25) is 4.79 Å². The molecule has 0 aromatic heterocycles. The van der Waals surface area contributed by atoms with Crippen LogP contribution >= 0.6 is 0 Å². The average molecular weight is 182 g/mol. The molecular weight excluding hydrogens is 164 g/mol. The average Bonchev–Trinajstić information content (AvgIpc) is 2.32. The maximum Gasteiger partial charge on any atom is 0.306 e. The zero-order valence-electron chi connectivity index (χ0n) is 8.89. The zero-order valence-corrected chi connectivity index (χ0v) is 8.89. The first-order valence-electron chi connectivity index (χ1n) is 5.08. The van der Waals surface area contributed by atoms with Crippen LogP contribution in [0.3, 0.4) is 0 Å². The molecule has 2 nitrogen and oxygen atoms in total. The minimum Gasteiger partial charge on any atom is -0.459 e. The maximum absolute atomic E-state index is 11.2. The van der Waals surface area contributed by atoms with Gasteiger partial charge in [-0.2, -0.15) is 0 Å². The van der Waals surface area contributed by atoms with E-state index in [1.165, 1.54) is 0 Å². The Morgan fingerprint density at radius 2 is 2.00 bits per heavy atom. The molecule has 1 heterocycles. The van der Waals surface area contributed by atoms with Crippen LogP contribution in [0.15, 0.2) is 0 Å². The van der Waals surface area contributed by atoms with Crippen molar-refractivity contribution >= 4 is 5.97 Å². The van der Waals surface area contributed by atoms with E-state index in [-0.39, 0.29) is 17.0 Å². The lowest BCUT2D eigenvalue weighted by Crippen LogP contribution is -2.31. The first kappa shape index (κ1) is 9.04. The number of carbonyl (C=O) groups excluding carboxylic acids is 1. The molecule has 13 heavy (non-hydrogen) atoms. The molecule has 0 aromatic carbocycles. The third-order valence-electron chi connectivity index (χ3n) is 4.33. The summed E-state index contributed by atoms with van der Waals surface area (Å²) in [7, 11) is 0. The van der Waals surface area contributed by atoms with Gasteiger partial charge in [-0.15, -0.1) is 0 Å². The predicted octanol–water partition coefficient (Wildman–Crippen LogP) is 2.37. The molecule has 1 saturated heterocycles. The Labute approximate surface area is 79.7 Å². The Morgan fingerprint density at radius 3 is 2.54 bits per heavy atom. The molecule has 2 rings (SSSR count). The summed E-state index contributed by atoms with van der Waals surface area (Å²) in [6, 6.07) is 0. The van der Waals surface area contributed by atoms with Gasteiger partial charge in [0.25, 0.3) is 0 Å². The molecule has 1 aliphatic heterocycles. The highest BCUT2D eigenvalue weighted by atomic mass is 16.6. The van der Waals surface area contributed by atoms with E-state index in [1.54, 1.807) is 0 Å². The van der Waals surface area contributed by atoms with Gasteiger partial charge < -0.3 is 4.74 Å². The van der Waals surface area contributed by atoms with Crippen LogP contribution in [0.5, 0.6) is 0 Å². The van der Waals surface area contributed by atoms with Crippen molar-refractivity contribution in [1.29, 1.82) is 0 Å². The van der Waals surface area contributed by atoms with E-state index in [1.807, 2.05) is 0 Å². The molecule has 0 radical (unpaired) electrons. The normalized spacial score (nSPS) is 47.5. The van der Waals surface area contributed by atoms with Crippen LogP contribution in [0.4, 0.5) is 0 Å². The van der Waals surface area contributed by atoms with Crippen molar-refractivity contribution in [2.45, 2.75) is 46.1 Å². The second-order valence-corrected chi connectivity index (χ2v) is 5.47. The van der Waals surface area contributed by atoms with E-state index >= 15 is 0 Å². The Balaban J connectivity index is 2.35. The molecule has 0 amide bonds. The van der Waals surface area contributed by atoms with E-state index in [2.05, 4.69) is 27.7 Å². The van der Waals surface area contributed by atoms with Crippen molar-refractivity contribution in [1.82, 2.24) is 0 Å². The van der Waals surface area contributed by atoms with Crippen molar-refractivity contribution in [3.05, 3.63) is 0 Å². The first-order valence-corrected chi connectivity index (χ1v) is 5.08. The van der Waals surface area contributed by atoms with Crippen LogP contribution in [-0.4, -0.2) is 11.6 Å². The largest absolute Gasteiger partial charge is 0.459 e. The van der Waals surface area contributed by atoms with Crippen LogP contribution in [0.2, 0.25) is 0 Å². The van der Waals surface area contributed by atoms with Crippen LogP contribution in [0, 0.1) is 17.3 Å². The summed E-state index contributed by atoms with van der Waals surface area (Å²) in [6.45, 7) is 8.87. The van der Waals surface area contributed by atoms with Gasteiger partial charge in [0.05, 0.1) is 6.42 Å². The summed E-state index contributed by atoms with van der Waals surface area (Å²) in [5.41, 5.74) is 0.0842. The zero-order chi connectivity index (χ0) is 9.85. The Hall–Kier alpha value is -0.530. The molecule has 3 atom stereocenters. The van der Waals surface area contributed by atoms with Gasteiger partial charge in [0.15, 0.2) is 0 Å². The number of hydrogen-bond donors (Lipinski definition) is 0.